The van der Waals surface area contributed by atoms with Gasteiger partial charge < -0.3 is 5.11 Å². The summed E-state index contributed by atoms with van der Waals surface area (Å²) in [6, 6.07) is 2.03. The average Bonchev–Trinajstić information content (AvgIpc) is 2.86. The van der Waals surface area contributed by atoms with E-state index >= 15 is 0 Å². The highest BCUT2D eigenvalue weighted by atomic mass is 32.1. The molecule has 0 unspecified atom stereocenters. The van der Waals surface area contributed by atoms with Gasteiger partial charge in [0, 0.05) is 0 Å². The number of rotatable bonds is 5. The minimum atomic E-state index is -0.952. The van der Waals surface area contributed by atoms with Gasteiger partial charge >= 0.3 is 5.97 Å². The van der Waals surface area contributed by atoms with E-state index in [9.17, 15) is 4.79 Å². The van der Waals surface area contributed by atoms with E-state index in [1.54, 1.807) is 0 Å². The second-order valence-corrected chi connectivity index (χ2v) is 4.49. The lowest BCUT2D eigenvalue weighted by atomic mass is 10.1. The van der Waals surface area contributed by atoms with Crippen LogP contribution in [0, 0.1) is 0 Å². The number of hydrogen-bond acceptors (Lipinski definition) is 5. The summed E-state index contributed by atoms with van der Waals surface area (Å²) < 4.78 is 1.31. The maximum atomic E-state index is 10.7. The van der Waals surface area contributed by atoms with Crippen LogP contribution >= 0.6 is 11.3 Å². The Morgan fingerprint density at radius 2 is 2.41 bits per heavy atom. The molecule has 2 rings (SSSR count). The van der Waals surface area contributed by atoms with E-state index in [-0.39, 0.29) is 6.54 Å². The maximum absolute atomic E-state index is 10.7. The predicted octanol–water partition coefficient (Wildman–Crippen LogP) is 1.44. The Balaban J connectivity index is 2.35. The van der Waals surface area contributed by atoms with Crippen LogP contribution in [0.4, 0.5) is 0 Å². The zero-order valence-electron chi connectivity index (χ0n) is 9.33. The third-order valence-corrected chi connectivity index (χ3v) is 3.24. The summed E-state index contributed by atoms with van der Waals surface area (Å²) in [5.41, 5.74) is 1.17. The fourth-order valence-electron chi connectivity index (χ4n) is 1.60. The van der Waals surface area contributed by atoms with E-state index in [4.69, 9.17) is 5.11 Å². The number of carboxylic acids is 1. The molecule has 17 heavy (non-hydrogen) atoms. The highest BCUT2D eigenvalue weighted by Gasteiger charge is 2.15. The summed E-state index contributed by atoms with van der Waals surface area (Å²) in [4.78, 5) is 11.6. The molecule has 2 aromatic rings. The van der Waals surface area contributed by atoms with E-state index < -0.39 is 5.97 Å². The molecule has 0 saturated heterocycles. The Hall–Kier alpha value is -1.76. The largest absolute Gasteiger partial charge is 0.480 e. The van der Waals surface area contributed by atoms with Crippen LogP contribution < -0.4 is 0 Å². The Bertz CT molecular complexity index is 520. The fraction of sp³-hybridized carbons (Fsp3) is 0.400. The van der Waals surface area contributed by atoms with E-state index in [0.717, 1.165) is 17.7 Å². The van der Waals surface area contributed by atoms with Crippen LogP contribution in [0.1, 0.15) is 18.9 Å². The first kappa shape index (κ1) is 11.7. The van der Waals surface area contributed by atoms with Crippen molar-refractivity contribution in [1.29, 1.82) is 0 Å². The van der Waals surface area contributed by atoms with Gasteiger partial charge in [0.25, 0.3) is 0 Å². The minimum Gasteiger partial charge on any atom is -0.480 e. The smallest absolute Gasteiger partial charge is 0.325 e. The van der Waals surface area contributed by atoms with E-state index in [2.05, 4.69) is 22.4 Å². The number of aryl methyl sites for hydroxylation is 1. The third-order valence-electron chi connectivity index (χ3n) is 2.29. The molecule has 90 valence electrons. The van der Waals surface area contributed by atoms with Crippen molar-refractivity contribution in [1.82, 2.24) is 20.2 Å². The lowest BCUT2D eigenvalue weighted by Gasteiger charge is -2.02. The molecule has 0 aliphatic carbocycles. The molecule has 0 bridgehead atoms. The molecular weight excluding hydrogens is 240 g/mol. The topological polar surface area (TPSA) is 80.9 Å². The number of aliphatic carboxylic acids is 1. The normalized spacial score (nSPS) is 10.6. The monoisotopic (exact) mass is 252 g/mol. The van der Waals surface area contributed by atoms with Gasteiger partial charge in [0.1, 0.15) is 6.54 Å². The Morgan fingerprint density at radius 3 is 3.12 bits per heavy atom. The first-order valence-electron chi connectivity index (χ1n) is 5.27. The van der Waals surface area contributed by atoms with Gasteiger partial charge in [0.2, 0.25) is 0 Å². The molecular formula is C10H12N4O2S. The van der Waals surface area contributed by atoms with Crippen LogP contribution in [0.25, 0.3) is 10.7 Å². The standard InChI is InChI=1S/C10H12N4O2S/c1-2-3-7-4-5-17-9(7)10-11-12-13-14(10)6-8(15)16/h4-5H,2-3,6H2,1H3,(H,15,16). The van der Waals surface area contributed by atoms with Crippen LogP contribution in [-0.2, 0) is 17.8 Å². The van der Waals surface area contributed by atoms with Crippen molar-refractivity contribution in [3.05, 3.63) is 17.0 Å². The van der Waals surface area contributed by atoms with Crippen LogP contribution in [0.5, 0.6) is 0 Å². The summed E-state index contributed by atoms with van der Waals surface area (Å²) in [5, 5.41) is 21.9. The van der Waals surface area contributed by atoms with Crippen LogP contribution in [0.2, 0.25) is 0 Å². The SMILES string of the molecule is CCCc1ccsc1-c1nnnn1CC(=O)O. The molecule has 0 amide bonds. The summed E-state index contributed by atoms with van der Waals surface area (Å²) >= 11 is 1.53. The Kier molecular flexibility index (Phi) is 3.48. The number of aromatic nitrogens is 4. The molecule has 2 aromatic heterocycles. The molecule has 0 atom stereocenters. The zero-order chi connectivity index (χ0) is 12.3. The maximum Gasteiger partial charge on any atom is 0.325 e. The molecule has 6 nitrogen and oxygen atoms in total. The summed E-state index contributed by atoms with van der Waals surface area (Å²) in [7, 11) is 0. The molecule has 0 aliphatic rings. The van der Waals surface area contributed by atoms with Gasteiger partial charge in [-0.05, 0) is 33.9 Å². The van der Waals surface area contributed by atoms with Crippen molar-refractivity contribution in [2.75, 3.05) is 0 Å². The molecule has 0 saturated carbocycles. The molecule has 0 spiro atoms. The average molecular weight is 252 g/mol. The second kappa shape index (κ2) is 5.05. The van der Waals surface area contributed by atoms with Crippen LogP contribution in [-0.4, -0.2) is 31.3 Å². The summed E-state index contributed by atoms with van der Waals surface area (Å²) in [6.45, 7) is 1.88. The third kappa shape index (κ3) is 2.50. The lowest BCUT2D eigenvalue weighted by molar-refractivity contribution is -0.137. The number of nitrogens with zero attached hydrogens (tertiary/aromatic N) is 4. The van der Waals surface area contributed by atoms with E-state index in [0.29, 0.717) is 5.82 Å². The van der Waals surface area contributed by atoms with Gasteiger partial charge in [0.05, 0.1) is 4.88 Å². The zero-order valence-corrected chi connectivity index (χ0v) is 10.1. The van der Waals surface area contributed by atoms with Crippen molar-refractivity contribution in [2.24, 2.45) is 0 Å². The number of hydrogen-bond donors (Lipinski definition) is 1. The van der Waals surface area contributed by atoms with Crippen LogP contribution in [0.3, 0.4) is 0 Å². The first-order valence-corrected chi connectivity index (χ1v) is 6.15. The van der Waals surface area contributed by atoms with Crippen molar-refractivity contribution < 1.29 is 9.90 Å². The summed E-state index contributed by atoms with van der Waals surface area (Å²) in [6.07, 6.45) is 1.98. The molecule has 7 heteroatoms. The number of carboxylic acid groups (broad SMARTS) is 1. The van der Waals surface area contributed by atoms with Gasteiger partial charge in [-0.1, -0.05) is 13.3 Å². The van der Waals surface area contributed by atoms with Crippen molar-refractivity contribution in [3.63, 3.8) is 0 Å². The van der Waals surface area contributed by atoms with Crippen molar-refractivity contribution >= 4 is 17.3 Å². The molecule has 1 N–H and O–H groups in total. The van der Waals surface area contributed by atoms with Gasteiger partial charge in [0.15, 0.2) is 5.82 Å². The van der Waals surface area contributed by atoms with E-state index in [1.807, 2.05) is 11.4 Å². The van der Waals surface area contributed by atoms with E-state index in [1.165, 1.54) is 21.6 Å². The quantitative estimate of drug-likeness (QED) is 0.870. The Morgan fingerprint density at radius 1 is 1.59 bits per heavy atom. The molecule has 0 fully saturated rings. The van der Waals surface area contributed by atoms with Gasteiger partial charge in [-0.2, -0.15) is 0 Å². The molecule has 0 aromatic carbocycles. The number of carbonyl (C=O) groups is 1. The Labute approximate surface area is 102 Å². The second-order valence-electron chi connectivity index (χ2n) is 3.58. The first-order chi connectivity index (χ1) is 8.22. The highest BCUT2D eigenvalue weighted by Crippen LogP contribution is 2.28. The molecule has 2 heterocycles. The molecule has 0 radical (unpaired) electrons. The fourth-order valence-corrected chi connectivity index (χ4v) is 2.54. The van der Waals surface area contributed by atoms with Crippen LogP contribution in [0.15, 0.2) is 11.4 Å². The number of tetrazole rings is 1. The predicted molar refractivity (Wildman–Crippen MR) is 62.8 cm³/mol. The lowest BCUT2D eigenvalue weighted by Crippen LogP contribution is -2.11. The highest BCUT2D eigenvalue weighted by molar-refractivity contribution is 7.13. The van der Waals surface area contributed by atoms with Crippen molar-refractivity contribution in [3.8, 4) is 10.7 Å². The van der Waals surface area contributed by atoms with Crippen molar-refractivity contribution in [2.45, 2.75) is 26.3 Å². The molecule has 0 aliphatic heterocycles. The van der Waals surface area contributed by atoms with Gasteiger partial charge in [-0.15, -0.1) is 16.4 Å². The van der Waals surface area contributed by atoms with Gasteiger partial charge in [-0.25, -0.2) is 4.68 Å². The van der Waals surface area contributed by atoms with Gasteiger partial charge in [-0.3, -0.25) is 4.79 Å². The number of thiophene rings is 1. The minimum absolute atomic E-state index is 0.216. The summed E-state index contributed by atoms with van der Waals surface area (Å²) in [5.74, 6) is -0.419.